The Labute approximate surface area is 135 Å². The summed E-state index contributed by atoms with van der Waals surface area (Å²) in [7, 11) is 0. The number of carbonyl (C=O) groups excluding carboxylic acids is 2. The number of benzene rings is 1. The smallest absolute Gasteiger partial charge is 0.190 e. The van der Waals surface area contributed by atoms with Crippen LogP contribution in [0.4, 0.5) is 4.39 Å². The highest BCUT2D eigenvalue weighted by atomic mass is 19.1. The molecule has 3 nitrogen and oxygen atoms in total. The average molecular weight is 316 g/mol. The van der Waals surface area contributed by atoms with Gasteiger partial charge in [-0.3, -0.25) is 9.59 Å². The fourth-order valence-electron chi connectivity index (χ4n) is 2.72. The molecule has 0 saturated carbocycles. The van der Waals surface area contributed by atoms with Crippen LogP contribution in [0.3, 0.4) is 0 Å². The lowest BCUT2D eigenvalue weighted by atomic mass is 9.80. The number of allylic oxidation sites excluding steroid dienone is 4. The van der Waals surface area contributed by atoms with Crippen LogP contribution in [-0.2, 0) is 9.59 Å². The van der Waals surface area contributed by atoms with E-state index in [4.69, 9.17) is 0 Å². The number of rotatable bonds is 4. The van der Waals surface area contributed by atoms with Crippen molar-refractivity contribution in [1.29, 1.82) is 0 Å². The second-order valence-corrected chi connectivity index (χ2v) is 6.58. The molecule has 0 spiro atoms. The minimum Gasteiger partial charge on any atom is -0.390 e. The van der Waals surface area contributed by atoms with Crippen molar-refractivity contribution in [3.63, 3.8) is 0 Å². The number of ketones is 2. The number of hydrogen-bond acceptors (Lipinski definition) is 3. The van der Waals surface area contributed by atoms with Gasteiger partial charge in [-0.15, -0.1) is 0 Å². The van der Waals surface area contributed by atoms with Gasteiger partial charge >= 0.3 is 0 Å². The molecule has 0 radical (unpaired) electrons. The molecule has 23 heavy (non-hydrogen) atoms. The quantitative estimate of drug-likeness (QED) is 0.863. The number of carbonyl (C=O) groups is 2. The summed E-state index contributed by atoms with van der Waals surface area (Å²) in [6.45, 7) is 6.60. The summed E-state index contributed by atoms with van der Waals surface area (Å²) in [6, 6.07) is 5.56. The number of halogens is 1. The minimum atomic E-state index is -0.914. The second kappa shape index (κ2) is 6.20. The molecular formula is C19H21FO3. The van der Waals surface area contributed by atoms with E-state index in [1.54, 1.807) is 27.7 Å². The topological polar surface area (TPSA) is 54.4 Å². The van der Waals surface area contributed by atoms with Crippen LogP contribution in [0.25, 0.3) is 5.57 Å². The van der Waals surface area contributed by atoms with Crippen LogP contribution >= 0.6 is 0 Å². The molecule has 0 fully saturated rings. The fourth-order valence-corrected chi connectivity index (χ4v) is 2.72. The first-order valence-corrected chi connectivity index (χ1v) is 7.60. The number of hydrogen-bond donors (Lipinski definition) is 1. The first kappa shape index (κ1) is 17.3. The molecule has 0 amide bonds. The van der Waals surface area contributed by atoms with Crippen LogP contribution < -0.4 is 0 Å². The van der Waals surface area contributed by atoms with Gasteiger partial charge < -0.3 is 5.11 Å². The van der Waals surface area contributed by atoms with E-state index in [9.17, 15) is 19.1 Å². The molecule has 0 atom stereocenters. The molecule has 0 bridgehead atoms. The number of Topliss-reactive ketones (excluding diaryl/α,β-unsaturated/α-hetero) is 2. The van der Waals surface area contributed by atoms with Gasteiger partial charge in [0.05, 0.1) is 5.60 Å². The Morgan fingerprint density at radius 2 is 1.57 bits per heavy atom. The summed E-state index contributed by atoms with van der Waals surface area (Å²) in [5, 5.41) is 9.88. The molecule has 1 N–H and O–H groups in total. The van der Waals surface area contributed by atoms with Crippen LogP contribution in [-0.4, -0.2) is 22.3 Å². The highest BCUT2D eigenvalue weighted by Crippen LogP contribution is 2.34. The lowest BCUT2D eigenvalue weighted by molar-refractivity contribution is -0.115. The van der Waals surface area contributed by atoms with Crippen molar-refractivity contribution < 1.29 is 19.1 Å². The van der Waals surface area contributed by atoms with Gasteiger partial charge in [0.15, 0.2) is 11.6 Å². The largest absolute Gasteiger partial charge is 0.390 e. The molecule has 1 aliphatic carbocycles. The van der Waals surface area contributed by atoms with Gasteiger partial charge in [0.1, 0.15) is 5.82 Å². The van der Waals surface area contributed by atoms with Crippen LogP contribution in [0, 0.1) is 5.82 Å². The monoisotopic (exact) mass is 316 g/mol. The van der Waals surface area contributed by atoms with Gasteiger partial charge in [0, 0.05) is 22.3 Å². The molecule has 0 aromatic heterocycles. The summed E-state index contributed by atoms with van der Waals surface area (Å²) < 4.78 is 13.1. The maximum Gasteiger partial charge on any atom is 0.190 e. The van der Waals surface area contributed by atoms with Gasteiger partial charge in [-0.2, -0.15) is 0 Å². The van der Waals surface area contributed by atoms with Gasteiger partial charge in [0.2, 0.25) is 0 Å². The van der Waals surface area contributed by atoms with Crippen LogP contribution in [0.2, 0.25) is 0 Å². The molecule has 1 aliphatic rings. The first-order valence-electron chi connectivity index (χ1n) is 7.60. The molecule has 4 heteroatoms. The third kappa shape index (κ3) is 3.64. The van der Waals surface area contributed by atoms with E-state index in [2.05, 4.69) is 0 Å². The van der Waals surface area contributed by atoms with Crippen LogP contribution in [0.1, 0.15) is 46.1 Å². The predicted molar refractivity (Wildman–Crippen MR) is 87.2 cm³/mol. The van der Waals surface area contributed by atoms with E-state index in [0.717, 1.165) is 0 Å². The van der Waals surface area contributed by atoms with Gasteiger partial charge in [-0.05, 0) is 58.2 Å². The van der Waals surface area contributed by atoms with E-state index >= 15 is 0 Å². The Hall–Kier alpha value is -2.07. The Balaban J connectivity index is 2.43. The third-order valence-electron chi connectivity index (χ3n) is 4.13. The standard InChI is InChI=1S/C19H21FO3/c1-11-15(9-10-19(3,4)23)18(22)16(12(2)17(11)21)13-5-7-14(20)8-6-13/h5-8,23H,9-10H2,1-4H3. The molecule has 0 unspecified atom stereocenters. The summed E-state index contributed by atoms with van der Waals surface area (Å²) in [5.41, 5.74) is 1.20. The third-order valence-corrected chi connectivity index (χ3v) is 4.13. The zero-order valence-corrected chi connectivity index (χ0v) is 13.9. The fraction of sp³-hybridized carbons (Fsp3) is 0.368. The lowest BCUT2D eigenvalue weighted by Crippen LogP contribution is -2.24. The van der Waals surface area contributed by atoms with Crippen molar-refractivity contribution in [2.75, 3.05) is 0 Å². The molecule has 0 aliphatic heterocycles. The minimum absolute atomic E-state index is 0.172. The Bertz CT molecular complexity index is 716. The van der Waals surface area contributed by atoms with Crippen molar-refractivity contribution in [2.45, 2.75) is 46.1 Å². The molecular weight excluding hydrogens is 295 g/mol. The maximum absolute atomic E-state index is 13.1. The maximum atomic E-state index is 13.1. The zero-order valence-electron chi connectivity index (χ0n) is 13.9. The van der Waals surface area contributed by atoms with Crippen molar-refractivity contribution >= 4 is 17.1 Å². The molecule has 1 aromatic carbocycles. The van der Waals surface area contributed by atoms with Crippen molar-refractivity contribution in [3.8, 4) is 0 Å². The van der Waals surface area contributed by atoms with Gasteiger partial charge in [0.25, 0.3) is 0 Å². The summed E-state index contributed by atoms with van der Waals surface area (Å²) in [4.78, 5) is 25.3. The second-order valence-electron chi connectivity index (χ2n) is 6.58. The zero-order chi connectivity index (χ0) is 17.4. The van der Waals surface area contributed by atoms with E-state index < -0.39 is 11.4 Å². The van der Waals surface area contributed by atoms with Gasteiger partial charge in [-0.1, -0.05) is 12.1 Å². The normalized spacial score (nSPS) is 16.4. The van der Waals surface area contributed by atoms with Gasteiger partial charge in [-0.25, -0.2) is 4.39 Å². The average Bonchev–Trinajstić information content (AvgIpc) is 2.46. The van der Waals surface area contributed by atoms with E-state index in [-0.39, 0.29) is 11.6 Å². The van der Waals surface area contributed by atoms with Crippen molar-refractivity contribution in [3.05, 3.63) is 52.4 Å². The van der Waals surface area contributed by atoms with E-state index in [1.807, 2.05) is 0 Å². The van der Waals surface area contributed by atoms with Crippen LogP contribution in [0.5, 0.6) is 0 Å². The van der Waals surface area contributed by atoms with Crippen LogP contribution in [0.15, 0.2) is 41.0 Å². The SMILES string of the molecule is CC1=C(CCC(C)(C)O)C(=O)C(c2ccc(F)cc2)=C(C)C1=O. The Kier molecular flexibility index (Phi) is 4.66. The summed E-state index contributed by atoms with van der Waals surface area (Å²) >= 11 is 0. The molecule has 1 aromatic rings. The number of aliphatic hydroxyl groups is 1. The molecule has 0 saturated heterocycles. The Morgan fingerprint density at radius 1 is 1.00 bits per heavy atom. The highest BCUT2D eigenvalue weighted by molar-refractivity contribution is 6.39. The molecule has 2 rings (SSSR count). The van der Waals surface area contributed by atoms with E-state index in [0.29, 0.717) is 40.7 Å². The lowest BCUT2D eigenvalue weighted by Gasteiger charge is -2.23. The first-order chi connectivity index (χ1) is 10.6. The van der Waals surface area contributed by atoms with Crippen molar-refractivity contribution in [2.24, 2.45) is 0 Å². The molecule has 0 heterocycles. The summed E-state index contributed by atoms with van der Waals surface area (Å²) in [6.07, 6.45) is 0.715. The predicted octanol–water partition coefficient (Wildman–Crippen LogP) is 3.62. The van der Waals surface area contributed by atoms with Crippen molar-refractivity contribution in [1.82, 2.24) is 0 Å². The molecule has 122 valence electrons. The highest BCUT2D eigenvalue weighted by Gasteiger charge is 2.31. The Morgan fingerprint density at radius 3 is 2.09 bits per heavy atom. The van der Waals surface area contributed by atoms with E-state index in [1.165, 1.54) is 24.3 Å². The summed E-state index contributed by atoms with van der Waals surface area (Å²) in [5.74, 6) is -0.777.